The largest absolute Gasteiger partial charge is 0.342 e. The SMILES string of the molecule is CC(N)c1ccc2nc(C3CCCCC3)[nH]c2c1. The van der Waals surface area contributed by atoms with E-state index in [9.17, 15) is 0 Å². The van der Waals surface area contributed by atoms with E-state index in [4.69, 9.17) is 10.7 Å². The molecule has 3 rings (SSSR count). The molecule has 1 saturated carbocycles. The van der Waals surface area contributed by atoms with Gasteiger partial charge in [0.25, 0.3) is 0 Å². The number of rotatable bonds is 2. The number of hydrogen-bond donors (Lipinski definition) is 2. The molecule has 0 spiro atoms. The first-order valence-electron chi connectivity index (χ1n) is 6.99. The summed E-state index contributed by atoms with van der Waals surface area (Å²) >= 11 is 0. The molecule has 1 aliphatic rings. The van der Waals surface area contributed by atoms with E-state index in [1.165, 1.54) is 43.5 Å². The smallest absolute Gasteiger partial charge is 0.110 e. The third-order valence-corrected chi connectivity index (χ3v) is 4.04. The van der Waals surface area contributed by atoms with Crippen molar-refractivity contribution in [2.45, 2.75) is 51.0 Å². The Morgan fingerprint density at radius 3 is 2.78 bits per heavy atom. The molecule has 1 fully saturated rings. The molecule has 2 aromatic rings. The summed E-state index contributed by atoms with van der Waals surface area (Å²) in [6.45, 7) is 2.01. The fourth-order valence-corrected chi connectivity index (χ4v) is 2.90. The lowest BCUT2D eigenvalue weighted by atomic mass is 9.89. The van der Waals surface area contributed by atoms with E-state index in [1.807, 2.05) is 6.92 Å². The topological polar surface area (TPSA) is 54.7 Å². The Balaban J connectivity index is 1.94. The van der Waals surface area contributed by atoms with E-state index < -0.39 is 0 Å². The highest BCUT2D eigenvalue weighted by molar-refractivity contribution is 5.76. The van der Waals surface area contributed by atoms with Crippen molar-refractivity contribution in [2.24, 2.45) is 5.73 Å². The van der Waals surface area contributed by atoms with Crippen LogP contribution < -0.4 is 5.73 Å². The van der Waals surface area contributed by atoms with Gasteiger partial charge in [0.1, 0.15) is 5.82 Å². The fraction of sp³-hybridized carbons (Fsp3) is 0.533. The summed E-state index contributed by atoms with van der Waals surface area (Å²) in [7, 11) is 0. The Morgan fingerprint density at radius 2 is 2.06 bits per heavy atom. The van der Waals surface area contributed by atoms with Gasteiger partial charge in [-0.25, -0.2) is 4.98 Å². The minimum absolute atomic E-state index is 0.0795. The second kappa shape index (κ2) is 4.73. The van der Waals surface area contributed by atoms with Gasteiger partial charge in [0.2, 0.25) is 0 Å². The van der Waals surface area contributed by atoms with Crippen molar-refractivity contribution in [3.8, 4) is 0 Å². The maximum Gasteiger partial charge on any atom is 0.110 e. The normalized spacial score (nSPS) is 19.2. The average molecular weight is 243 g/mol. The minimum atomic E-state index is 0.0795. The summed E-state index contributed by atoms with van der Waals surface area (Å²) in [5, 5.41) is 0. The molecule has 0 saturated heterocycles. The number of nitrogens with zero attached hydrogens (tertiary/aromatic N) is 1. The standard InChI is InChI=1S/C15H21N3/c1-10(16)12-7-8-13-14(9-12)18-15(17-13)11-5-3-2-4-6-11/h7-11H,2-6,16H2,1H3,(H,17,18). The van der Waals surface area contributed by atoms with E-state index in [0.717, 1.165) is 11.0 Å². The first-order valence-corrected chi connectivity index (χ1v) is 6.99. The Kier molecular flexibility index (Phi) is 3.08. The van der Waals surface area contributed by atoms with Crippen molar-refractivity contribution in [2.75, 3.05) is 0 Å². The van der Waals surface area contributed by atoms with Gasteiger partial charge in [-0.2, -0.15) is 0 Å². The van der Waals surface area contributed by atoms with Crippen molar-refractivity contribution in [3.63, 3.8) is 0 Å². The van der Waals surface area contributed by atoms with Crippen molar-refractivity contribution in [1.82, 2.24) is 9.97 Å². The van der Waals surface area contributed by atoms with Gasteiger partial charge in [-0.05, 0) is 37.5 Å². The number of benzene rings is 1. The zero-order valence-corrected chi connectivity index (χ0v) is 10.9. The second-order valence-corrected chi connectivity index (χ2v) is 5.52. The van der Waals surface area contributed by atoms with Gasteiger partial charge in [-0.1, -0.05) is 25.3 Å². The number of nitrogens with one attached hydrogen (secondary N) is 1. The molecule has 0 aliphatic heterocycles. The van der Waals surface area contributed by atoms with Crippen LogP contribution in [0.2, 0.25) is 0 Å². The molecule has 1 unspecified atom stereocenters. The van der Waals surface area contributed by atoms with Crippen LogP contribution in [0.3, 0.4) is 0 Å². The third kappa shape index (κ3) is 2.15. The fourth-order valence-electron chi connectivity index (χ4n) is 2.90. The quantitative estimate of drug-likeness (QED) is 0.846. The maximum atomic E-state index is 5.92. The summed E-state index contributed by atoms with van der Waals surface area (Å²) in [5.74, 6) is 1.80. The van der Waals surface area contributed by atoms with Crippen molar-refractivity contribution in [1.29, 1.82) is 0 Å². The molecule has 96 valence electrons. The summed E-state index contributed by atoms with van der Waals surface area (Å²) in [5.41, 5.74) is 9.29. The number of aromatic amines is 1. The molecule has 1 atom stereocenters. The molecule has 1 aromatic carbocycles. The van der Waals surface area contributed by atoms with E-state index in [0.29, 0.717) is 5.92 Å². The highest BCUT2D eigenvalue weighted by Crippen LogP contribution is 2.32. The number of aromatic nitrogens is 2. The van der Waals surface area contributed by atoms with Gasteiger partial charge in [-0.15, -0.1) is 0 Å². The Hall–Kier alpha value is -1.35. The Bertz CT molecular complexity index is 536. The molecular formula is C15H21N3. The zero-order chi connectivity index (χ0) is 12.5. The number of imidazole rings is 1. The molecular weight excluding hydrogens is 222 g/mol. The molecule has 0 amide bonds. The van der Waals surface area contributed by atoms with Crippen LogP contribution in [0.1, 0.15) is 62.4 Å². The van der Waals surface area contributed by atoms with Gasteiger partial charge >= 0.3 is 0 Å². The summed E-state index contributed by atoms with van der Waals surface area (Å²) in [6, 6.07) is 6.38. The van der Waals surface area contributed by atoms with Crippen molar-refractivity contribution in [3.05, 3.63) is 29.6 Å². The molecule has 3 nitrogen and oxygen atoms in total. The molecule has 0 bridgehead atoms. The van der Waals surface area contributed by atoms with Crippen LogP contribution in [0, 0.1) is 0 Å². The molecule has 3 heteroatoms. The molecule has 3 N–H and O–H groups in total. The van der Waals surface area contributed by atoms with Gasteiger partial charge < -0.3 is 10.7 Å². The predicted octanol–water partition coefficient (Wildman–Crippen LogP) is 3.63. The monoisotopic (exact) mass is 243 g/mol. The van der Waals surface area contributed by atoms with Gasteiger partial charge in [-0.3, -0.25) is 0 Å². The van der Waals surface area contributed by atoms with Gasteiger partial charge in [0, 0.05) is 12.0 Å². The lowest BCUT2D eigenvalue weighted by molar-refractivity contribution is 0.431. The number of fused-ring (bicyclic) bond motifs is 1. The summed E-state index contributed by atoms with van der Waals surface area (Å²) < 4.78 is 0. The highest BCUT2D eigenvalue weighted by atomic mass is 14.9. The van der Waals surface area contributed by atoms with Crippen LogP contribution in [0.15, 0.2) is 18.2 Å². The molecule has 1 heterocycles. The van der Waals surface area contributed by atoms with Crippen LogP contribution in [0.25, 0.3) is 11.0 Å². The first kappa shape index (κ1) is 11.7. The molecule has 18 heavy (non-hydrogen) atoms. The minimum Gasteiger partial charge on any atom is -0.342 e. The lowest BCUT2D eigenvalue weighted by Crippen LogP contribution is -2.05. The van der Waals surface area contributed by atoms with E-state index >= 15 is 0 Å². The number of H-pyrrole nitrogens is 1. The van der Waals surface area contributed by atoms with E-state index in [1.54, 1.807) is 0 Å². The third-order valence-electron chi connectivity index (χ3n) is 4.04. The number of hydrogen-bond acceptors (Lipinski definition) is 2. The van der Waals surface area contributed by atoms with Crippen LogP contribution in [-0.2, 0) is 0 Å². The van der Waals surface area contributed by atoms with Gasteiger partial charge in [0.05, 0.1) is 11.0 Å². The zero-order valence-electron chi connectivity index (χ0n) is 10.9. The average Bonchev–Trinajstić information content (AvgIpc) is 2.82. The van der Waals surface area contributed by atoms with Crippen LogP contribution in [0.4, 0.5) is 0 Å². The second-order valence-electron chi connectivity index (χ2n) is 5.52. The molecule has 1 aromatic heterocycles. The first-order chi connectivity index (χ1) is 8.74. The van der Waals surface area contributed by atoms with Crippen LogP contribution >= 0.6 is 0 Å². The van der Waals surface area contributed by atoms with Crippen molar-refractivity contribution < 1.29 is 0 Å². The molecule has 1 aliphatic carbocycles. The molecule has 0 radical (unpaired) electrons. The van der Waals surface area contributed by atoms with E-state index in [-0.39, 0.29) is 6.04 Å². The Morgan fingerprint density at radius 1 is 1.28 bits per heavy atom. The summed E-state index contributed by atoms with van der Waals surface area (Å²) in [6.07, 6.45) is 6.62. The Labute approximate surface area is 108 Å². The van der Waals surface area contributed by atoms with Crippen LogP contribution in [-0.4, -0.2) is 9.97 Å². The number of nitrogens with two attached hydrogens (primary N) is 1. The lowest BCUT2D eigenvalue weighted by Gasteiger charge is -2.18. The predicted molar refractivity (Wildman–Crippen MR) is 74.5 cm³/mol. The van der Waals surface area contributed by atoms with Gasteiger partial charge in [0.15, 0.2) is 0 Å². The van der Waals surface area contributed by atoms with Crippen molar-refractivity contribution >= 4 is 11.0 Å². The van der Waals surface area contributed by atoms with Crippen LogP contribution in [0.5, 0.6) is 0 Å². The van der Waals surface area contributed by atoms with E-state index in [2.05, 4.69) is 23.2 Å². The summed E-state index contributed by atoms with van der Waals surface area (Å²) in [4.78, 5) is 8.23. The maximum absolute atomic E-state index is 5.92. The highest BCUT2D eigenvalue weighted by Gasteiger charge is 2.18.